The molecular weight excluding hydrogens is 321 g/mol. The fraction of sp³-hybridized carbons (Fsp3) is 0. The normalized spacial score (nSPS) is 10.5. The predicted octanol–water partition coefficient (Wildman–Crippen LogP) is -1.13. The minimum atomic E-state index is -3.85. The van der Waals surface area contributed by atoms with Crippen LogP contribution in [0.3, 0.4) is 0 Å². The summed E-state index contributed by atoms with van der Waals surface area (Å²) >= 11 is 0. The minimum absolute atomic E-state index is 0. The van der Waals surface area contributed by atoms with Crippen LogP contribution < -0.4 is 10.2 Å². The van der Waals surface area contributed by atoms with Crippen molar-refractivity contribution >= 4 is 44.8 Å². The Morgan fingerprint density at radius 1 is 0.682 bits per heavy atom. The molecule has 0 saturated heterocycles. The van der Waals surface area contributed by atoms with Crippen LogP contribution in [0.25, 0.3) is 0 Å². The van der Waals surface area contributed by atoms with Crippen molar-refractivity contribution in [1.29, 1.82) is 0 Å². The summed E-state index contributed by atoms with van der Waals surface area (Å²) in [5, 5.41) is 21.2. The van der Waals surface area contributed by atoms with Crippen LogP contribution in [0.5, 0.6) is 0 Å². The maximum atomic E-state index is 12.3. The number of carboxylic acids is 2. The van der Waals surface area contributed by atoms with Crippen LogP contribution in [0.1, 0.15) is 20.7 Å². The van der Waals surface area contributed by atoms with Gasteiger partial charge in [0.25, 0.3) is 0 Å². The first kappa shape index (κ1) is 18.1. The largest absolute Gasteiger partial charge is 2.00 e. The average Bonchev–Trinajstić information content (AvgIpc) is 2.47. The van der Waals surface area contributed by atoms with E-state index in [1.54, 1.807) is 0 Å². The van der Waals surface area contributed by atoms with Gasteiger partial charge in [0.2, 0.25) is 9.84 Å². The molecule has 0 aliphatic carbocycles. The van der Waals surface area contributed by atoms with E-state index in [1.165, 1.54) is 0 Å². The molecule has 0 aliphatic heterocycles. The van der Waals surface area contributed by atoms with Crippen molar-refractivity contribution in [3.63, 3.8) is 0 Å². The Kier molecular flexibility index (Phi) is 5.69. The minimum Gasteiger partial charge on any atom is -0.545 e. The van der Waals surface area contributed by atoms with Gasteiger partial charge < -0.3 is 19.8 Å². The summed E-state index contributed by atoms with van der Waals surface area (Å²) in [6.07, 6.45) is 0. The van der Waals surface area contributed by atoms with Crippen molar-refractivity contribution in [2.45, 2.75) is 9.79 Å². The zero-order chi connectivity index (χ0) is 15.6. The number of carboxylic acid groups (broad SMARTS) is 2. The van der Waals surface area contributed by atoms with E-state index in [4.69, 9.17) is 0 Å². The molecule has 0 heterocycles. The van der Waals surface area contributed by atoms with Crippen LogP contribution in [-0.2, 0) is 9.84 Å². The van der Waals surface area contributed by atoms with E-state index in [-0.39, 0.29) is 44.0 Å². The Morgan fingerprint density at radius 3 is 1.18 bits per heavy atom. The van der Waals surface area contributed by atoms with Gasteiger partial charge in [-0.1, -0.05) is 24.3 Å². The van der Waals surface area contributed by atoms with E-state index in [2.05, 4.69) is 0 Å². The number of sulfone groups is 1. The molecule has 2 rings (SSSR count). The molecule has 0 aromatic heterocycles. The number of aromatic carboxylic acids is 2. The van der Waals surface area contributed by atoms with Crippen LogP contribution >= 0.6 is 0 Å². The second-order valence-electron chi connectivity index (χ2n) is 4.13. The molecule has 0 fully saturated rings. The quantitative estimate of drug-likeness (QED) is 0.656. The van der Waals surface area contributed by atoms with Crippen molar-refractivity contribution in [3.05, 3.63) is 59.7 Å². The number of hydrogen-bond acceptors (Lipinski definition) is 6. The Bertz CT molecular complexity index is 731. The second-order valence-corrected chi connectivity index (χ2v) is 6.08. The topological polar surface area (TPSA) is 114 Å². The number of carbonyl (C=O) groups excluding carboxylic acids is 2. The summed E-state index contributed by atoms with van der Waals surface area (Å²) in [5.74, 6) is -2.81. The number of hydrogen-bond donors (Lipinski definition) is 0. The summed E-state index contributed by atoms with van der Waals surface area (Å²) in [7, 11) is -3.85. The van der Waals surface area contributed by atoms with Gasteiger partial charge in [-0.15, -0.1) is 0 Å². The molecule has 2 aromatic rings. The molecule has 22 heavy (non-hydrogen) atoms. The molecule has 2 aromatic carbocycles. The molecular formula is C14H8MgO6S. The summed E-state index contributed by atoms with van der Waals surface area (Å²) in [5.41, 5.74) is -0.275. The van der Waals surface area contributed by atoms with Gasteiger partial charge in [0, 0.05) is 0 Å². The van der Waals surface area contributed by atoms with Crippen LogP contribution in [0.15, 0.2) is 58.3 Å². The van der Waals surface area contributed by atoms with Crippen molar-refractivity contribution in [3.8, 4) is 0 Å². The summed E-state index contributed by atoms with van der Waals surface area (Å²) in [4.78, 5) is 21.0. The van der Waals surface area contributed by atoms with Gasteiger partial charge in [0.1, 0.15) is 0 Å². The van der Waals surface area contributed by atoms with Gasteiger partial charge in [-0.3, -0.25) is 0 Å². The molecule has 6 nitrogen and oxygen atoms in total. The monoisotopic (exact) mass is 328 g/mol. The summed E-state index contributed by atoms with van der Waals surface area (Å²) < 4.78 is 24.5. The van der Waals surface area contributed by atoms with Crippen molar-refractivity contribution in [2.24, 2.45) is 0 Å². The van der Waals surface area contributed by atoms with Crippen LogP contribution in [0, 0.1) is 0 Å². The smallest absolute Gasteiger partial charge is 0.545 e. The van der Waals surface area contributed by atoms with Crippen LogP contribution in [0.2, 0.25) is 0 Å². The first-order chi connectivity index (χ1) is 9.82. The van der Waals surface area contributed by atoms with E-state index in [9.17, 15) is 28.2 Å². The van der Waals surface area contributed by atoms with Gasteiger partial charge in [-0.2, -0.15) is 0 Å². The van der Waals surface area contributed by atoms with Crippen LogP contribution in [-0.4, -0.2) is 43.4 Å². The third-order valence-corrected chi connectivity index (χ3v) is 4.59. The second kappa shape index (κ2) is 6.90. The number of carbonyl (C=O) groups is 2. The molecule has 0 amide bonds. The molecule has 0 saturated carbocycles. The van der Waals surface area contributed by atoms with E-state index < -0.39 is 21.8 Å². The van der Waals surface area contributed by atoms with E-state index in [0.29, 0.717) is 0 Å². The van der Waals surface area contributed by atoms with E-state index >= 15 is 0 Å². The summed E-state index contributed by atoms with van der Waals surface area (Å²) in [6.45, 7) is 0. The average molecular weight is 329 g/mol. The number of rotatable bonds is 4. The Hall–Kier alpha value is -1.90. The van der Waals surface area contributed by atoms with Crippen LogP contribution in [0.4, 0.5) is 0 Å². The van der Waals surface area contributed by atoms with E-state index in [1.807, 2.05) is 0 Å². The molecule has 108 valence electrons. The molecule has 0 atom stereocenters. The first-order valence-electron chi connectivity index (χ1n) is 5.70. The van der Waals surface area contributed by atoms with Gasteiger partial charge in [-0.05, 0) is 35.4 Å². The van der Waals surface area contributed by atoms with Crippen molar-refractivity contribution < 1.29 is 28.2 Å². The third-order valence-electron chi connectivity index (χ3n) is 2.80. The maximum absolute atomic E-state index is 12.3. The maximum Gasteiger partial charge on any atom is 2.00 e. The first-order valence-corrected chi connectivity index (χ1v) is 7.18. The number of benzene rings is 2. The fourth-order valence-electron chi connectivity index (χ4n) is 1.68. The molecule has 0 unspecified atom stereocenters. The fourth-order valence-corrected chi connectivity index (χ4v) is 2.94. The Morgan fingerprint density at radius 2 is 0.955 bits per heavy atom. The zero-order valence-corrected chi connectivity index (χ0v) is 13.4. The van der Waals surface area contributed by atoms with Gasteiger partial charge in [0.05, 0.1) is 21.7 Å². The van der Waals surface area contributed by atoms with Crippen molar-refractivity contribution in [1.82, 2.24) is 0 Å². The predicted molar refractivity (Wildman–Crippen MR) is 72.8 cm³/mol. The van der Waals surface area contributed by atoms with Gasteiger partial charge in [-0.25, -0.2) is 8.42 Å². The standard InChI is InChI=1S/C14H10O6S.Mg/c15-13(16)9-1-5-11(6-2-9)21(19,20)12-7-3-10(4-8-12)14(17)18;/h1-8H,(H,15,16)(H,17,18);/q;+2/p-2. The zero-order valence-electron chi connectivity index (χ0n) is 11.2. The SMILES string of the molecule is O=C([O-])c1ccc(S(=O)(=O)c2ccc(C(=O)[O-])cc2)cc1.[Mg+2]. The summed E-state index contributed by atoms with van der Waals surface area (Å²) in [6, 6.07) is 9.07. The Labute approximate surface area is 142 Å². The molecule has 0 N–H and O–H groups in total. The van der Waals surface area contributed by atoms with E-state index in [0.717, 1.165) is 48.5 Å². The molecule has 0 spiro atoms. The Balaban J connectivity index is 0.00000242. The van der Waals surface area contributed by atoms with Gasteiger partial charge >= 0.3 is 23.1 Å². The van der Waals surface area contributed by atoms with Crippen molar-refractivity contribution in [2.75, 3.05) is 0 Å². The molecule has 8 heteroatoms. The molecule has 0 bridgehead atoms. The van der Waals surface area contributed by atoms with Gasteiger partial charge in [0.15, 0.2) is 0 Å². The molecule has 0 aliphatic rings. The molecule has 0 radical (unpaired) electrons. The third kappa shape index (κ3) is 3.64.